The largest absolute Gasteiger partial charge is 0.370 e. The van der Waals surface area contributed by atoms with Crippen LogP contribution in [0, 0.1) is 23.0 Å². The van der Waals surface area contributed by atoms with Gasteiger partial charge in [-0.3, -0.25) is 10.1 Å². The van der Waals surface area contributed by atoms with Crippen molar-refractivity contribution < 1.29 is 14.4 Å². The van der Waals surface area contributed by atoms with Crippen LogP contribution >= 0.6 is 0 Å². The van der Waals surface area contributed by atoms with E-state index in [1.807, 2.05) is 6.92 Å². The third kappa shape index (κ3) is 4.12. The zero-order valence-corrected chi connectivity index (χ0v) is 12.6. The van der Waals surface area contributed by atoms with Crippen molar-refractivity contribution in [2.75, 3.05) is 25.1 Å². The first-order valence-corrected chi connectivity index (χ1v) is 7.02. The molecule has 1 aliphatic rings. The molecule has 0 aliphatic carbocycles. The molecule has 2 heterocycles. The number of nitrogens with one attached hydrogen (secondary N) is 1. The average Bonchev–Trinajstić information content (AvgIpc) is 2.83. The van der Waals surface area contributed by atoms with Crippen molar-refractivity contribution in [2.24, 2.45) is 5.92 Å². The molecule has 1 saturated heterocycles. The van der Waals surface area contributed by atoms with Crippen LogP contribution in [0.25, 0.3) is 0 Å². The molecular weight excluding hydrogens is 274 g/mol. The smallest absolute Gasteiger partial charge is 0.287 e. The number of aromatic nitrogens is 1. The lowest BCUT2D eigenvalue weighted by Crippen LogP contribution is -2.30. The van der Waals surface area contributed by atoms with Crippen LogP contribution in [0.4, 0.5) is 11.5 Å². The molecule has 1 aliphatic heterocycles. The Morgan fingerprint density at radius 3 is 2.76 bits per heavy atom. The molecule has 0 amide bonds. The molecule has 7 heteroatoms. The molecule has 7 nitrogen and oxygen atoms in total. The summed E-state index contributed by atoms with van der Waals surface area (Å²) < 4.78 is 11.2. The van der Waals surface area contributed by atoms with E-state index in [2.05, 4.69) is 17.2 Å². The Bertz CT molecular complexity index is 515. The van der Waals surface area contributed by atoms with E-state index in [9.17, 15) is 10.1 Å². The molecule has 0 spiro atoms. The van der Waals surface area contributed by atoms with Crippen LogP contribution < -0.4 is 5.32 Å². The Labute approximate surface area is 123 Å². The standard InChI is InChI=1S/C14H21N3O4/c1-10(7-14(3)20-4-5-21-14)8-15-13-11(2)6-12(9-16-13)17(18)19/h6,9-10H,4-5,7-8H2,1-3H3,(H,15,16)/t10-/m0/s1. The number of hydrogen-bond acceptors (Lipinski definition) is 6. The van der Waals surface area contributed by atoms with Crippen LogP contribution in [0.2, 0.25) is 0 Å². The second kappa shape index (κ2) is 6.36. The van der Waals surface area contributed by atoms with E-state index in [0.29, 0.717) is 31.5 Å². The monoisotopic (exact) mass is 295 g/mol. The number of pyridine rings is 1. The van der Waals surface area contributed by atoms with Crippen LogP contribution in [0.1, 0.15) is 25.8 Å². The summed E-state index contributed by atoms with van der Waals surface area (Å²) in [5, 5.41) is 13.9. The van der Waals surface area contributed by atoms with Crippen molar-refractivity contribution in [1.82, 2.24) is 4.98 Å². The summed E-state index contributed by atoms with van der Waals surface area (Å²) in [5.74, 6) is 0.495. The number of nitro groups is 1. The highest BCUT2D eigenvalue weighted by Crippen LogP contribution is 2.27. The van der Waals surface area contributed by atoms with E-state index in [-0.39, 0.29) is 5.69 Å². The number of aryl methyl sites for hydroxylation is 1. The van der Waals surface area contributed by atoms with Gasteiger partial charge in [-0.1, -0.05) is 6.92 Å². The lowest BCUT2D eigenvalue weighted by Gasteiger charge is -2.26. The Balaban J connectivity index is 1.89. The fraction of sp³-hybridized carbons (Fsp3) is 0.643. The summed E-state index contributed by atoms with van der Waals surface area (Å²) in [7, 11) is 0. The summed E-state index contributed by atoms with van der Waals surface area (Å²) in [6.07, 6.45) is 2.05. The van der Waals surface area contributed by atoms with E-state index < -0.39 is 10.7 Å². The molecule has 116 valence electrons. The summed E-state index contributed by atoms with van der Waals surface area (Å²) in [5.41, 5.74) is 0.766. The normalized spacial score (nSPS) is 18.4. The third-order valence-electron chi connectivity index (χ3n) is 3.51. The fourth-order valence-electron chi connectivity index (χ4n) is 2.50. The number of anilines is 1. The number of hydrogen-bond donors (Lipinski definition) is 1. The summed E-state index contributed by atoms with van der Waals surface area (Å²) in [6, 6.07) is 1.52. The average molecular weight is 295 g/mol. The van der Waals surface area contributed by atoms with E-state index in [4.69, 9.17) is 9.47 Å². The van der Waals surface area contributed by atoms with E-state index in [1.165, 1.54) is 12.3 Å². The topological polar surface area (TPSA) is 86.5 Å². The minimum absolute atomic E-state index is 0.00589. The van der Waals surface area contributed by atoms with Gasteiger partial charge in [-0.2, -0.15) is 0 Å². The van der Waals surface area contributed by atoms with Gasteiger partial charge in [-0.05, 0) is 25.3 Å². The van der Waals surface area contributed by atoms with Crippen LogP contribution in [-0.4, -0.2) is 35.5 Å². The van der Waals surface area contributed by atoms with Crippen LogP contribution in [-0.2, 0) is 9.47 Å². The highest BCUT2D eigenvalue weighted by atomic mass is 16.7. The number of nitrogens with zero attached hydrogens (tertiary/aromatic N) is 2. The maximum Gasteiger partial charge on any atom is 0.287 e. The second-order valence-corrected chi connectivity index (χ2v) is 5.64. The Hall–Kier alpha value is -1.73. The maximum atomic E-state index is 10.7. The van der Waals surface area contributed by atoms with Crippen LogP contribution in [0.15, 0.2) is 12.3 Å². The quantitative estimate of drug-likeness (QED) is 0.641. The Morgan fingerprint density at radius 1 is 1.52 bits per heavy atom. The molecule has 0 aromatic carbocycles. The van der Waals surface area contributed by atoms with Crippen molar-refractivity contribution >= 4 is 11.5 Å². The highest BCUT2D eigenvalue weighted by Gasteiger charge is 2.32. The van der Waals surface area contributed by atoms with Crippen LogP contribution in [0.3, 0.4) is 0 Å². The van der Waals surface area contributed by atoms with E-state index >= 15 is 0 Å². The molecule has 1 N–H and O–H groups in total. The highest BCUT2D eigenvalue weighted by molar-refractivity contribution is 5.48. The minimum Gasteiger partial charge on any atom is -0.370 e. The summed E-state index contributed by atoms with van der Waals surface area (Å²) >= 11 is 0. The number of rotatable bonds is 6. The van der Waals surface area contributed by atoms with Crippen molar-refractivity contribution in [3.05, 3.63) is 27.9 Å². The lowest BCUT2D eigenvalue weighted by molar-refractivity contribution is -0.385. The Morgan fingerprint density at radius 2 is 2.19 bits per heavy atom. The molecule has 1 aromatic rings. The van der Waals surface area contributed by atoms with Gasteiger partial charge in [-0.25, -0.2) is 4.98 Å². The van der Waals surface area contributed by atoms with Crippen molar-refractivity contribution in [3.8, 4) is 0 Å². The summed E-state index contributed by atoms with van der Waals surface area (Å²) in [4.78, 5) is 14.3. The maximum absolute atomic E-state index is 10.7. The van der Waals surface area contributed by atoms with Crippen molar-refractivity contribution in [3.63, 3.8) is 0 Å². The van der Waals surface area contributed by atoms with Gasteiger partial charge >= 0.3 is 0 Å². The fourth-order valence-corrected chi connectivity index (χ4v) is 2.50. The number of ether oxygens (including phenoxy) is 2. The molecule has 2 rings (SSSR count). The molecule has 1 aromatic heterocycles. The molecule has 21 heavy (non-hydrogen) atoms. The van der Waals surface area contributed by atoms with Gasteiger partial charge in [0.1, 0.15) is 12.0 Å². The zero-order chi connectivity index (χ0) is 15.5. The Kier molecular flexibility index (Phi) is 4.74. The summed E-state index contributed by atoms with van der Waals surface area (Å²) in [6.45, 7) is 7.83. The first-order chi connectivity index (χ1) is 9.89. The van der Waals surface area contributed by atoms with Gasteiger partial charge in [0.05, 0.1) is 18.1 Å². The van der Waals surface area contributed by atoms with E-state index in [1.54, 1.807) is 6.92 Å². The molecule has 0 radical (unpaired) electrons. The van der Waals surface area contributed by atoms with Gasteiger partial charge in [0.15, 0.2) is 5.79 Å². The second-order valence-electron chi connectivity index (χ2n) is 5.64. The van der Waals surface area contributed by atoms with Gasteiger partial charge in [0, 0.05) is 19.0 Å². The van der Waals surface area contributed by atoms with Crippen molar-refractivity contribution in [2.45, 2.75) is 33.0 Å². The predicted octanol–water partition coefficient (Wildman–Crippen LogP) is 2.50. The predicted molar refractivity (Wildman–Crippen MR) is 78.2 cm³/mol. The molecule has 0 unspecified atom stereocenters. The van der Waals surface area contributed by atoms with E-state index in [0.717, 1.165) is 12.0 Å². The molecule has 1 fully saturated rings. The molecular formula is C14H21N3O4. The van der Waals surface area contributed by atoms with Gasteiger partial charge < -0.3 is 14.8 Å². The molecule has 0 saturated carbocycles. The van der Waals surface area contributed by atoms with Crippen molar-refractivity contribution in [1.29, 1.82) is 0 Å². The lowest BCUT2D eigenvalue weighted by atomic mass is 10.0. The molecule has 0 bridgehead atoms. The van der Waals surface area contributed by atoms with Gasteiger partial charge in [0.2, 0.25) is 0 Å². The zero-order valence-electron chi connectivity index (χ0n) is 12.6. The first kappa shape index (κ1) is 15.7. The first-order valence-electron chi connectivity index (χ1n) is 7.02. The van der Waals surface area contributed by atoms with Crippen LogP contribution in [0.5, 0.6) is 0 Å². The minimum atomic E-state index is -0.501. The molecule has 1 atom stereocenters. The SMILES string of the molecule is Cc1cc([N+](=O)[O-])cnc1NC[C@@H](C)CC1(C)OCCO1. The third-order valence-corrected chi connectivity index (χ3v) is 3.51. The van der Waals surface area contributed by atoms with Gasteiger partial charge in [0.25, 0.3) is 5.69 Å². The van der Waals surface area contributed by atoms with Gasteiger partial charge in [-0.15, -0.1) is 0 Å².